The van der Waals surface area contributed by atoms with Crippen molar-refractivity contribution in [2.24, 2.45) is 0 Å². The maximum atomic E-state index is 13.4. The summed E-state index contributed by atoms with van der Waals surface area (Å²) in [6, 6.07) is 22.9. The van der Waals surface area contributed by atoms with Gasteiger partial charge in [0.15, 0.2) is 11.1 Å². The second kappa shape index (κ2) is 9.99. The van der Waals surface area contributed by atoms with E-state index in [0.29, 0.717) is 48.8 Å². The molecule has 0 atom stereocenters. The van der Waals surface area contributed by atoms with E-state index in [1.54, 1.807) is 11.0 Å². The number of carbonyl (C=O) groups excluding carboxylic acids is 1. The van der Waals surface area contributed by atoms with E-state index in [0.717, 1.165) is 17.1 Å². The number of rotatable bonds is 6. The number of para-hydroxylation sites is 2. The van der Waals surface area contributed by atoms with Gasteiger partial charge in [-0.3, -0.25) is 14.2 Å². The molecule has 178 valence electrons. The second-order valence-electron chi connectivity index (χ2n) is 8.41. The van der Waals surface area contributed by atoms with Crippen LogP contribution < -0.4 is 16.1 Å². The van der Waals surface area contributed by atoms with Crippen molar-refractivity contribution in [2.75, 3.05) is 43.5 Å². The number of fused-ring (bicyclic) bond motifs is 1. The highest BCUT2D eigenvalue weighted by molar-refractivity contribution is 5.93. The van der Waals surface area contributed by atoms with Crippen molar-refractivity contribution < 1.29 is 9.53 Å². The summed E-state index contributed by atoms with van der Waals surface area (Å²) in [6.45, 7) is 4.21. The molecule has 2 aromatic carbocycles. The van der Waals surface area contributed by atoms with E-state index in [9.17, 15) is 9.59 Å². The smallest absolute Gasteiger partial charge is 0.242 e. The Hall–Kier alpha value is -4.17. The van der Waals surface area contributed by atoms with Crippen molar-refractivity contribution in [2.45, 2.75) is 6.92 Å². The Labute approximate surface area is 203 Å². The fourth-order valence-electron chi connectivity index (χ4n) is 4.27. The minimum absolute atomic E-state index is 0.0262. The molecular weight excluding hydrogens is 442 g/mol. The Morgan fingerprint density at radius 3 is 2.40 bits per heavy atom. The number of hydrogen-bond acceptors (Lipinski definition) is 6. The molecule has 5 rings (SSSR count). The van der Waals surface area contributed by atoms with Crippen LogP contribution >= 0.6 is 0 Å². The summed E-state index contributed by atoms with van der Waals surface area (Å²) >= 11 is 0. The van der Waals surface area contributed by atoms with Crippen molar-refractivity contribution in [3.8, 4) is 5.69 Å². The molecule has 2 aromatic heterocycles. The monoisotopic (exact) mass is 469 g/mol. The van der Waals surface area contributed by atoms with Crippen LogP contribution in [-0.2, 0) is 9.53 Å². The highest BCUT2D eigenvalue weighted by atomic mass is 16.5. The fraction of sp³-hybridized carbons (Fsp3) is 0.222. The Bertz CT molecular complexity index is 1400. The first-order valence-corrected chi connectivity index (χ1v) is 11.6. The first-order valence-electron chi connectivity index (χ1n) is 11.6. The number of anilines is 3. The zero-order valence-corrected chi connectivity index (χ0v) is 19.5. The molecule has 8 nitrogen and oxygen atoms in total. The molecule has 2 N–H and O–H groups in total. The SMILES string of the molecule is Cc1cc(NCC(=O)N2CCOCC2)c2c(=O)cc(Nc3ccccc3)n(-c3ccccc3)c2n1. The predicted octanol–water partition coefficient (Wildman–Crippen LogP) is 3.71. The summed E-state index contributed by atoms with van der Waals surface area (Å²) in [5.74, 6) is 0.579. The van der Waals surface area contributed by atoms with Gasteiger partial charge in [0.1, 0.15) is 5.82 Å². The molecule has 1 aliphatic heterocycles. The van der Waals surface area contributed by atoms with E-state index in [4.69, 9.17) is 9.72 Å². The van der Waals surface area contributed by atoms with E-state index in [2.05, 4.69) is 10.6 Å². The summed E-state index contributed by atoms with van der Waals surface area (Å²) in [5, 5.41) is 7.01. The van der Waals surface area contributed by atoms with Crippen LogP contribution in [0.2, 0.25) is 0 Å². The van der Waals surface area contributed by atoms with Gasteiger partial charge in [0, 0.05) is 36.2 Å². The van der Waals surface area contributed by atoms with E-state index in [1.807, 2.05) is 78.2 Å². The van der Waals surface area contributed by atoms with Gasteiger partial charge in [-0.15, -0.1) is 0 Å². The van der Waals surface area contributed by atoms with Crippen LogP contribution in [-0.4, -0.2) is 53.2 Å². The zero-order chi connectivity index (χ0) is 24.2. The van der Waals surface area contributed by atoms with Crippen LogP contribution in [0.4, 0.5) is 17.2 Å². The molecule has 0 aliphatic carbocycles. The number of aryl methyl sites for hydroxylation is 1. The van der Waals surface area contributed by atoms with E-state index in [-0.39, 0.29) is 17.9 Å². The fourth-order valence-corrected chi connectivity index (χ4v) is 4.27. The molecule has 1 amide bonds. The van der Waals surface area contributed by atoms with Crippen LogP contribution in [0.15, 0.2) is 77.6 Å². The lowest BCUT2D eigenvalue weighted by molar-refractivity contribution is -0.133. The summed E-state index contributed by atoms with van der Waals surface area (Å²) in [7, 11) is 0. The molecule has 1 fully saturated rings. The topological polar surface area (TPSA) is 88.5 Å². The number of nitrogens with zero attached hydrogens (tertiary/aromatic N) is 3. The van der Waals surface area contributed by atoms with Crippen molar-refractivity contribution in [1.29, 1.82) is 0 Å². The third-order valence-electron chi connectivity index (χ3n) is 5.95. The third kappa shape index (κ3) is 4.88. The van der Waals surface area contributed by atoms with Gasteiger partial charge in [-0.1, -0.05) is 36.4 Å². The average Bonchev–Trinajstić information content (AvgIpc) is 2.88. The van der Waals surface area contributed by atoms with Gasteiger partial charge >= 0.3 is 0 Å². The van der Waals surface area contributed by atoms with Gasteiger partial charge in [-0.05, 0) is 37.3 Å². The van der Waals surface area contributed by atoms with Crippen LogP contribution in [0, 0.1) is 6.92 Å². The molecule has 0 spiro atoms. The molecular formula is C27H27N5O3. The Morgan fingerprint density at radius 1 is 1.00 bits per heavy atom. The number of morpholine rings is 1. The quantitative estimate of drug-likeness (QED) is 0.448. The summed E-state index contributed by atoms with van der Waals surface area (Å²) < 4.78 is 7.27. The number of hydrogen-bond donors (Lipinski definition) is 2. The largest absolute Gasteiger partial charge is 0.378 e. The van der Waals surface area contributed by atoms with Crippen LogP contribution in [0.25, 0.3) is 16.7 Å². The maximum Gasteiger partial charge on any atom is 0.242 e. The lowest BCUT2D eigenvalue weighted by Crippen LogP contribution is -2.43. The average molecular weight is 470 g/mol. The Kier molecular flexibility index (Phi) is 6.45. The highest BCUT2D eigenvalue weighted by Gasteiger charge is 2.19. The molecule has 0 bridgehead atoms. The highest BCUT2D eigenvalue weighted by Crippen LogP contribution is 2.28. The van der Waals surface area contributed by atoms with Crippen LogP contribution in [0.3, 0.4) is 0 Å². The van der Waals surface area contributed by atoms with Gasteiger partial charge in [0.05, 0.1) is 30.8 Å². The van der Waals surface area contributed by atoms with Gasteiger partial charge in [-0.2, -0.15) is 0 Å². The lowest BCUT2D eigenvalue weighted by atomic mass is 10.1. The number of nitrogens with one attached hydrogen (secondary N) is 2. The number of amides is 1. The number of aromatic nitrogens is 2. The van der Waals surface area contributed by atoms with E-state index >= 15 is 0 Å². The molecule has 4 aromatic rings. The zero-order valence-electron chi connectivity index (χ0n) is 19.5. The van der Waals surface area contributed by atoms with Crippen LogP contribution in [0.1, 0.15) is 5.69 Å². The maximum absolute atomic E-state index is 13.4. The first kappa shape index (κ1) is 22.6. The van der Waals surface area contributed by atoms with E-state index in [1.165, 1.54) is 0 Å². The standard InChI is InChI=1S/C27H27N5O3/c1-19-16-22(28-18-25(34)31-12-14-35-15-13-31)26-23(33)17-24(30-20-8-4-2-5-9-20)32(27(26)29-19)21-10-6-3-7-11-21/h2-11,16-17,30H,12-15,18H2,1H3,(H,28,29). The molecule has 35 heavy (non-hydrogen) atoms. The van der Waals surface area contributed by atoms with E-state index < -0.39 is 0 Å². The predicted molar refractivity (Wildman–Crippen MR) is 138 cm³/mol. The number of ether oxygens (including phenoxy) is 1. The molecule has 0 radical (unpaired) electrons. The van der Waals surface area contributed by atoms with Gasteiger partial charge < -0.3 is 20.3 Å². The van der Waals surface area contributed by atoms with Crippen molar-refractivity contribution in [3.05, 3.63) is 88.7 Å². The minimum atomic E-state index is -0.181. The minimum Gasteiger partial charge on any atom is -0.378 e. The van der Waals surface area contributed by atoms with Crippen molar-refractivity contribution in [1.82, 2.24) is 14.5 Å². The molecule has 0 saturated carbocycles. The molecule has 1 saturated heterocycles. The number of carbonyl (C=O) groups is 1. The Balaban J connectivity index is 1.60. The molecule has 8 heteroatoms. The Morgan fingerprint density at radius 2 is 1.69 bits per heavy atom. The van der Waals surface area contributed by atoms with Gasteiger partial charge in [0.25, 0.3) is 0 Å². The van der Waals surface area contributed by atoms with Gasteiger partial charge in [-0.25, -0.2) is 4.98 Å². The first-order chi connectivity index (χ1) is 17.1. The molecule has 0 unspecified atom stereocenters. The number of pyridine rings is 2. The third-order valence-corrected chi connectivity index (χ3v) is 5.95. The normalized spacial score (nSPS) is 13.6. The number of benzene rings is 2. The van der Waals surface area contributed by atoms with Crippen LogP contribution in [0.5, 0.6) is 0 Å². The van der Waals surface area contributed by atoms with Crippen molar-refractivity contribution >= 4 is 34.1 Å². The van der Waals surface area contributed by atoms with Crippen molar-refractivity contribution in [3.63, 3.8) is 0 Å². The summed E-state index contributed by atoms with van der Waals surface area (Å²) in [4.78, 5) is 32.7. The summed E-state index contributed by atoms with van der Waals surface area (Å²) in [5.41, 5.74) is 3.39. The summed E-state index contributed by atoms with van der Waals surface area (Å²) in [6.07, 6.45) is 0. The van der Waals surface area contributed by atoms with Gasteiger partial charge in [0.2, 0.25) is 5.91 Å². The molecule has 1 aliphatic rings. The molecule has 3 heterocycles. The second-order valence-corrected chi connectivity index (χ2v) is 8.41. The lowest BCUT2D eigenvalue weighted by Gasteiger charge is -2.27.